The molecule has 0 aromatic carbocycles. The van der Waals surface area contributed by atoms with Crippen LogP contribution in [0, 0.1) is 0 Å². The van der Waals surface area contributed by atoms with Crippen LogP contribution in [0.3, 0.4) is 0 Å². The van der Waals surface area contributed by atoms with Gasteiger partial charge in [0.2, 0.25) is 0 Å². The fraction of sp³-hybridized carbons (Fsp3) is 1.00. The molecule has 0 aliphatic carbocycles. The van der Waals surface area contributed by atoms with Crippen molar-refractivity contribution in [2.45, 2.75) is 6.92 Å². The summed E-state index contributed by atoms with van der Waals surface area (Å²) in [6, 6.07) is 0. The second-order valence-corrected chi connectivity index (χ2v) is 6.77. The summed E-state index contributed by atoms with van der Waals surface area (Å²) in [6.07, 6.45) is 0. The molecule has 0 heterocycles. The quantitative estimate of drug-likeness (QED) is 0.412. The second kappa shape index (κ2) is 11.3. The lowest BCUT2D eigenvalue weighted by molar-refractivity contribution is 0.170. The summed E-state index contributed by atoms with van der Waals surface area (Å²) in [5, 5.41) is 18.1. The third-order valence-electron chi connectivity index (χ3n) is 2.41. The van der Waals surface area contributed by atoms with E-state index in [4.69, 9.17) is 37.9 Å². The van der Waals surface area contributed by atoms with E-state index < -0.39 is 7.67 Å². The number of hydrogen-bond acceptors (Lipinski definition) is 4. The van der Waals surface area contributed by atoms with E-state index in [1.54, 1.807) is 11.6 Å². The van der Waals surface area contributed by atoms with Crippen molar-refractivity contribution >= 4 is 30.9 Å². The normalized spacial score (nSPS) is 15.1. The van der Waals surface area contributed by atoms with E-state index in [0.29, 0.717) is 24.8 Å². The van der Waals surface area contributed by atoms with Gasteiger partial charge in [0.1, 0.15) is 0 Å². The summed E-state index contributed by atoms with van der Waals surface area (Å²) in [5.74, 6) is 0.583. The average molecular weight is 337 g/mol. The molecule has 19 heavy (non-hydrogen) atoms. The maximum absolute atomic E-state index is 13.1. The fourth-order valence-electron chi connectivity index (χ4n) is 1.67. The zero-order valence-corrected chi connectivity index (χ0v) is 13.6. The molecule has 6 nitrogen and oxygen atoms in total. The zero-order valence-electron chi connectivity index (χ0n) is 11.2. The van der Waals surface area contributed by atoms with Crippen LogP contribution in [0.4, 0.5) is 0 Å². The van der Waals surface area contributed by atoms with E-state index in [2.05, 4.69) is 0 Å². The lowest BCUT2D eigenvalue weighted by atomic mass is 10.6. The summed E-state index contributed by atoms with van der Waals surface area (Å²) in [5.41, 5.74) is 0. The Kier molecular flexibility index (Phi) is 11.7. The maximum Gasteiger partial charge on any atom is 0.346 e. The van der Waals surface area contributed by atoms with Gasteiger partial charge in [0.05, 0.1) is 19.8 Å². The number of halogens is 2. The molecule has 0 radical (unpaired) electrons. The summed E-state index contributed by atoms with van der Waals surface area (Å²) >= 11 is 11.4. The van der Waals surface area contributed by atoms with Crippen LogP contribution in [-0.2, 0) is 9.09 Å². The molecule has 0 aliphatic heterocycles. The molecule has 0 spiro atoms. The molecule has 0 amide bonds. The Hall–Kier alpha value is 0.610. The van der Waals surface area contributed by atoms with Gasteiger partial charge in [-0.05, 0) is 6.92 Å². The van der Waals surface area contributed by atoms with Crippen LogP contribution in [0.1, 0.15) is 6.92 Å². The number of alkyl halides is 2. The molecule has 0 aliphatic rings. The van der Waals surface area contributed by atoms with Crippen LogP contribution >= 0.6 is 30.9 Å². The number of nitrogens with zero attached hydrogens (tertiary/aromatic N) is 2. The first-order valence-corrected chi connectivity index (χ1v) is 8.79. The Morgan fingerprint density at radius 2 is 1.42 bits per heavy atom. The minimum Gasteiger partial charge on any atom is -0.395 e. The molecule has 0 fully saturated rings. The standard InChI is InChI=1S/C10H23Cl2N2O4P/c1-2-18-19(17,13(5-3-11)6-4-12)14(7-9-15)8-10-16/h15-16H,2-10H2,1H3. The highest BCUT2D eigenvalue weighted by atomic mass is 35.5. The van der Waals surface area contributed by atoms with Crippen molar-refractivity contribution in [3.05, 3.63) is 0 Å². The molecule has 0 bridgehead atoms. The Morgan fingerprint density at radius 3 is 1.74 bits per heavy atom. The Balaban J connectivity index is 5.17. The highest BCUT2D eigenvalue weighted by Crippen LogP contribution is 2.53. The van der Waals surface area contributed by atoms with E-state index in [-0.39, 0.29) is 32.9 Å². The van der Waals surface area contributed by atoms with E-state index in [9.17, 15) is 4.57 Å². The highest BCUT2D eigenvalue weighted by Gasteiger charge is 2.37. The molecule has 116 valence electrons. The van der Waals surface area contributed by atoms with Crippen LogP contribution in [0.2, 0.25) is 0 Å². The molecule has 9 heteroatoms. The van der Waals surface area contributed by atoms with E-state index in [0.717, 1.165) is 0 Å². The van der Waals surface area contributed by atoms with E-state index in [1.807, 2.05) is 0 Å². The third-order valence-corrected chi connectivity index (χ3v) is 5.58. The molecule has 1 unspecified atom stereocenters. The van der Waals surface area contributed by atoms with E-state index in [1.165, 1.54) is 4.67 Å². The summed E-state index contributed by atoms with van der Waals surface area (Å²) < 4.78 is 21.5. The number of aliphatic hydroxyl groups excluding tert-OH is 2. The first kappa shape index (κ1) is 19.6. The first-order valence-electron chi connectivity index (χ1n) is 6.19. The van der Waals surface area contributed by atoms with Crippen LogP contribution in [0.5, 0.6) is 0 Å². The van der Waals surface area contributed by atoms with Gasteiger partial charge in [-0.25, -0.2) is 9.34 Å². The minimum atomic E-state index is -3.33. The molecule has 1 atom stereocenters. The van der Waals surface area contributed by atoms with Gasteiger partial charge in [-0.3, -0.25) is 4.57 Å². The molecule has 0 saturated carbocycles. The number of rotatable bonds is 12. The predicted octanol–water partition coefficient (Wildman–Crippen LogP) is 1.20. The smallest absolute Gasteiger partial charge is 0.346 e. The van der Waals surface area contributed by atoms with Crippen molar-refractivity contribution in [2.24, 2.45) is 0 Å². The molecule has 0 saturated heterocycles. The number of hydrogen-bond donors (Lipinski definition) is 2. The number of aliphatic hydroxyl groups is 2. The van der Waals surface area contributed by atoms with Crippen molar-refractivity contribution in [2.75, 3.05) is 57.8 Å². The first-order chi connectivity index (χ1) is 9.10. The van der Waals surface area contributed by atoms with E-state index >= 15 is 0 Å². The highest BCUT2D eigenvalue weighted by molar-refractivity contribution is 7.54. The van der Waals surface area contributed by atoms with Crippen LogP contribution in [0.15, 0.2) is 0 Å². The van der Waals surface area contributed by atoms with Crippen molar-refractivity contribution in [3.63, 3.8) is 0 Å². The minimum absolute atomic E-state index is 0.152. The van der Waals surface area contributed by atoms with Crippen molar-refractivity contribution in [1.29, 1.82) is 0 Å². The van der Waals surface area contributed by atoms with Crippen molar-refractivity contribution in [3.8, 4) is 0 Å². The molecule has 2 N–H and O–H groups in total. The predicted molar refractivity (Wildman–Crippen MR) is 78.0 cm³/mol. The van der Waals surface area contributed by atoms with Gasteiger partial charge in [-0.2, -0.15) is 0 Å². The summed E-state index contributed by atoms with van der Waals surface area (Å²) in [6.45, 7) is 2.67. The van der Waals surface area contributed by atoms with Crippen molar-refractivity contribution < 1.29 is 19.3 Å². The molecule has 0 aromatic rings. The van der Waals surface area contributed by atoms with Gasteiger partial charge in [-0.1, -0.05) is 0 Å². The maximum atomic E-state index is 13.1. The van der Waals surface area contributed by atoms with Gasteiger partial charge >= 0.3 is 7.67 Å². The topological polar surface area (TPSA) is 73.2 Å². The third kappa shape index (κ3) is 6.27. The Bertz CT molecular complexity index is 242. The van der Waals surface area contributed by atoms with Crippen LogP contribution in [0.25, 0.3) is 0 Å². The zero-order chi connectivity index (χ0) is 14.7. The molecule has 0 aromatic heterocycles. The summed E-state index contributed by atoms with van der Waals surface area (Å²) in [7, 11) is -3.33. The van der Waals surface area contributed by atoms with Gasteiger partial charge in [-0.15, -0.1) is 23.2 Å². The van der Waals surface area contributed by atoms with Crippen LogP contribution in [-0.4, -0.2) is 77.3 Å². The molecule has 0 rings (SSSR count). The Morgan fingerprint density at radius 1 is 1.00 bits per heavy atom. The molecular formula is C10H23Cl2N2O4P. The SMILES string of the molecule is CCOP(=O)(N(CCO)CCO)N(CCCl)CCCl. The Labute approximate surface area is 124 Å². The van der Waals surface area contributed by atoms with Gasteiger partial charge in [0.15, 0.2) is 0 Å². The summed E-state index contributed by atoms with van der Waals surface area (Å²) in [4.78, 5) is 0. The van der Waals surface area contributed by atoms with Crippen molar-refractivity contribution in [1.82, 2.24) is 9.34 Å². The average Bonchev–Trinajstić information content (AvgIpc) is 2.38. The molecular weight excluding hydrogens is 314 g/mol. The van der Waals surface area contributed by atoms with Gasteiger partial charge in [0.25, 0.3) is 0 Å². The fourth-order valence-corrected chi connectivity index (χ4v) is 4.72. The van der Waals surface area contributed by atoms with Gasteiger partial charge < -0.3 is 14.7 Å². The monoisotopic (exact) mass is 336 g/mol. The largest absolute Gasteiger partial charge is 0.395 e. The van der Waals surface area contributed by atoms with Gasteiger partial charge in [0, 0.05) is 37.9 Å². The van der Waals surface area contributed by atoms with Crippen LogP contribution < -0.4 is 0 Å². The lowest BCUT2D eigenvalue weighted by Gasteiger charge is -2.37. The lowest BCUT2D eigenvalue weighted by Crippen LogP contribution is -2.38. The second-order valence-electron chi connectivity index (χ2n) is 3.64.